The van der Waals surface area contributed by atoms with Crippen LogP contribution in [0, 0.1) is 0 Å². The molecule has 0 bridgehead atoms. The molecule has 0 fully saturated rings. The molecule has 0 radical (unpaired) electrons. The van der Waals surface area contributed by atoms with Gasteiger partial charge in [-0.05, 0) is 31.2 Å². The Morgan fingerprint density at radius 1 is 1.40 bits per heavy atom. The number of carbonyl (C=O) groups is 1. The standard InChI is InChI=1S/C15H25NO3S/c1-14(2,3)20-10-6-8-13(17)16-11-15(4,18)12-7-5-9-19-12/h5,7,9,18H,6,8,10-11H2,1-4H3,(H,16,17). The van der Waals surface area contributed by atoms with Gasteiger partial charge in [0.05, 0.1) is 12.8 Å². The van der Waals surface area contributed by atoms with Crippen LogP contribution in [0.25, 0.3) is 0 Å². The first-order valence-electron chi connectivity index (χ1n) is 6.88. The van der Waals surface area contributed by atoms with Gasteiger partial charge in [0.25, 0.3) is 0 Å². The van der Waals surface area contributed by atoms with E-state index in [2.05, 4.69) is 26.1 Å². The van der Waals surface area contributed by atoms with Crippen molar-refractivity contribution in [2.75, 3.05) is 12.3 Å². The third-order valence-electron chi connectivity index (χ3n) is 2.77. The summed E-state index contributed by atoms with van der Waals surface area (Å²) in [5, 5.41) is 12.9. The minimum atomic E-state index is -1.17. The maximum absolute atomic E-state index is 11.7. The van der Waals surface area contributed by atoms with Crippen LogP contribution in [-0.4, -0.2) is 28.1 Å². The Kier molecular flexibility index (Phi) is 6.14. The first-order chi connectivity index (χ1) is 9.21. The van der Waals surface area contributed by atoms with Crippen LogP contribution in [-0.2, 0) is 10.4 Å². The Labute approximate surface area is 125 Å². The molecule has 114 valence electrons. The maximum Gasteiger partial charge on any atom is 0.220 e. The molecule has 0 aliphatic rings. The van der Waals surface area contributed by atoms with Gasteiger partial charge in [0.15, 0.2) is 0 Å². The molecular formula is C15H25NO3S. The van der Waals surface area contributed by atoms with E-state index in [0.717, 1.165) is 12.2 Å². The molecule has 2 N–H and O–H groups in total. The fourth-order valence-corrected chi connectivity index (χ4v) is 2.54. The van der Waals surface area contributed by atoms with E-state index >= 15 is 0 Å². The zero-order chi connectivity index (χ0) is 15.2. The van der Waals surface area contributed by atoms with Crippen molar-refractivity contribution in [1.82, 2.24) is 5.32 Å². The predicted molar refractivity (Wildman–Crippen MR) is 82.7 cm³/mol. The smallest absolute Gasteiger partial charge is 0.220 e. The van der Waals surface area contributed by atoms with Crippen molar-refractivity contribution in [1.29, 1.82) is 0 Å². The second-order valence-electron chi connectivity index (χ2n) is 6.09. The molecule has 0 spiro atoms. The number of nitrogens with one attached hydrogen (secondary N) is 1. The fourth-order valence-electron chi connectivity index (χ4n) is 1.64. The van der Waals surface area contributed by atoms with Gasteiger partial charge in [-0.15, -0.1) is 0 Å². The molecule has 20 heavy (non-hydrogen) atoms. The third-order valence-corrected chi connectivity index (χ3v) is 4.12. The van der Waals surface area contributed by atoms with Gasteiger partial charge >= 0.3 is 0 Å². The van der Waals surface area contributed by atoms with Crippen LogP contribution in [0.2, 0.25) is 0 Å². The quantitative estimate of drug-likeness (QED) is 0.760. The Morgan fingerprint density at radius 3 is 2.65 bits per heavy atom. The highest BCUT2D eigenvalue weighted by Crippen LogP contribution is 2.24. The topological polar surface area (TPSA) is 62.5 Å². The monoisotopic (exact) mass is 299 g/mol. The average Bonchev–Trinajstić information content (AvgIpc) is 2.85. The van der Waals surface area contributed by atoms with Gasteiger partial charge in [0.2, 0.25) is 5.91 Å². The Bertz CT molecular complexity index is 407. The zero-order valence-electron chi connectivity index (χ0n) is 12.7. The normalized spacial score (nSPS) is 14.8. The second kappa shape index (κ2) is 7.18. The predicted octanol–water partition coefficient (Wildman–Crippen LogP) is 2.92. The molecule has 4 nitrogen and oxygen atoms in total. The van der Waals surface area contributed by atoms with Crippen molar-refractivity contribution in [2.24, 2.45) is 0 Å². The van der Waals surface area contributed by atoms with E-state index in [1.54, 1.807) is 19.1 Å². The zero-order valence-corrected chi connectivity index (χ0v) is 13.5. The van der Waals surface area contributed by atoms with Gasteiger partial charge in [0, 0.05) is 11.2 Å². The van der Waals surface area contributed by atoms with Gasteiger partial charge < -0.3 is 14.8 Å². The van der Waals surface area contributed by atoms with E-state index in [9.17, 15) is 9.90 Å². The number of amides is 1. The van der Waals surface area contributed by atoms with Crippen molar-refractivity contribution in [2.45, 2.75) is 50.9 Å². The minimum absolute atomic E-state index is 0.0358. The van der Waals surface area contributed by atoms with E-state index in [0.29, 0.717) is 12.2 Å². The molecular weight excluding hydrogens is 274 g/mol. The summed E-state index contributed by atoms with van der Waals surface area (Å²) in [4.78, 5) is 11.7. The molecule has 0 aromatic carbocycles. The van der Waals surface area contributed by atoms with Gasteiger partial charge in [-0.25, -0.2) is 0 Å². The lowest BCUT2D eigenvalue weighted by atomic mass is 10.0. The molecule has 0 aliphatic carbocycles. The van der Waals surface area contributed by atoms with Crippen LogP contribution in [0.15, 0.2) is 22.8 Å². The van der Waals surface area contributed by atoms with E-state index in [1.165, 1.54) is 6.26 Å². The third kappa shape index (κ3) is 6.48. The summed E-state index contributed by atoms with van der Waals surface area (Å²) < 4.78 is 5.40. The number of carbonyl (C=O) groups excluding carboxylic acids is 1. The number of furan rings is 1. The van der Waals surface area contributed by atoms with Crippen molar-refractivity contribution in [3.05, 3.63) is 24.2 Å². The minimum Gasteiger partial charge on any atom is -0.466 e. The first kappa shape index (κ1) is 17.1. The van der Waals surface area contributed by atoms with E-state index in [-0.39, 0.29) is 17.2 Å². The van der Waals surface area contributed by atoms with Crippen LogP contribution in [0.4, 0.5) is 0 Å². The molecule has 1 heterocycles. The summed E-state index contributed by atoms with van der Waals surface area (Å²) in [6, 6.07) is 3.42. The summed E-state index contributed by atoms with van der Waals surface area (Å²) in [6.45, 7) is 8.28. The van der Waals surface area contributed by atoms with E-state index in [4.69, 9.17) is 4.42 Å². The maximum atomic E-state index is 11.7. The van der Waals surface area contributed by atoms with Crippen molar-refractivity contribution >= 4 is 17.7 Å². The number of hydrogen-bond acceptors (Lipinski definition) is 4. The largest absolute Gasteiger partial charge is 0.466 e. The van der Waals surface area contributed by atoms with Crippen molar-refractivity contribution in [3.63, 3.8) is 0 Å². The fraction of sp³-hybridized carbons (Fsp3) is 0.667. The van der Waals surface area contributed by atoms with E-state index in [1.807, 2.05) is 11.8 Å². The summed E-state index contributed by atoms with van der Waals surface area (Å²) >= 11 is 1.85. The van der Waals surface area contributed by atoms with Gasteiger partial charge in [-0.1, -0.05) is 20.8 Å². The van der Waals surface area contributed by atoms with Crippen molar-refractivity contribution < 1.29 is 14.3 Å². The summed E-state index contributed by atoms with van der Waals surface area (Å²) in [7, 11) is 0. The molecule has 1 aromatic heterocycles. The summed E-state index contributed by atoms with van der Waals surface area (Å²) in [6.07, 6.45) is 2.84. The van der Waals surface area contributed by atoms with Crippen LogP contribution in [0.1, 0.15) is 46.3 Å². The van der Waals surface area contributed by atoms with Gasteiger partial charge in [0.1, 0.15) is 11.4 Å². The Balaban J connectivity index is 2.23. The molecule has 1 rings (SSSR count). The molecule has 1 amide bonds. The number of thioether (sulfide) groups is 1. The van der Waals surface area contributed by atoms with Crippen LogP contribution >= 0.6 is 11.8 Å². The highest BCUT2D eigenvalue weighted by Gasteiger charge is 2.26. The number of hydrogen-bond donors (Lipinski definition) is 2. The highest BCUT2D eigenvalue weighted by atomic mass is 32.2. The molecule has 5 heteroatoms. The lowest BCUT2D eigenvalue weighted by molar-refractivity contribution is -0.122. The van der Waals surface area contributed by atoms with Crippen LogP contribution in [0.5, 0.6) is 0 Å². The van der Waals surface area contributed by atoms with Crippen LogP contribution in [0.3, 0.4) is 0 Å². The molecule has 0 saturated heterocycles. The molecule has 1 aromatic rings. The second-order valence-corrected chi connectivity index (χ2v) is 8.01. The lowest BCUT2D eigenvalue weighted by Gasteiger charge is -2.21. The van der Waals surface area contributed by atoms with Crippen molar-refractivity contribution in [3.8, 4) is 0 Å². The van der Waals surface area contributed by atoms with Gasteiger partial charge in [-0.3, -0.25) is 4.79 Å². The van der Waals surface area contributed by atoms with E-state index < -0.39 is 5.60 Å². The molecule has 1 atom stereocenters. The number of rotatable bonds is 7. The average molecular weight is 299 g/mol. The molecule has 0 saturated carbocycles. The molecule has 1 unspecified atom stereocenters. The lowest BCUT2D eigenvalue weighted by Crippen LogP contribution is -2.38. The molecule has 0 aliphatic heterocycles. The number of aliphatic hydroxyl groups is 1. The van der Waals surface area contributed by atoms with Crippen LogP contribution < -0.4 is 5.32 Å². The first-order valence-corrected chi connectivity index (χ1v) is 7.86. The Hall–Kier alpha value is -0.940. The highest BCUT2D eigenvalue weighted by molar-refractivity contribution is 8.00. The Morgan fingerprint density at radius 2 is 2.10 bits per heavy atom. The summed E-state index contributed by atoms with van der Waals surface area (Å²) in [5.74, 6) is 1.39. The SMILES string of the molecule is CC(C)(C)SCCCC(=O)NCC(C)(O)c1ccco1. The summed E-state index contributed by atoms with van der Waals surface area (Å²) in [5.41, 5.74) is -1.17. The van der Waals surface area contributed by atoms with Gasteiger partial charge in [-0.2, -0.15) is 11.8 Å².